The number of sulfonamides is 1. The number of rotatable bonds is 7. The highest BCUT2D eigenvalue weighted by molar-refractivity contribution is 7.89. The molecule has 2 aromatic carbocycles. The van der Waals surface area contributed by atoms with Gasteiger partial charge in [0.1, 0.15) is 0 Å². The van der Waals surface area contributed by atoms with E-state index in [-0.39, 0.29) is 28.6 Å². The molecule has 2 N–H and O–H groups in total. The maximum atomic E-state index is 12.6. The molecule has 3 rings (SSSR count). The highest BCUT2D eigenvalue weighted by atomic mass is 35.5. The van der Waals surface area contributed by atoms with Crippen LogP contribution in [0.5, 0.6) is 0 Å². The van der Waals surface area contributed by atoms with Crippen LogP contribution in [0.3, 0.4) is 0 Å². The van der Waals surface area contributed by atoms with Gasteiger partial charge in [-0.05, 0) is 55.8 Å². The van der Waals surface area contributed by atoms with Gasteiger partial charge in [0, 0.05) is 28.9 Å². The molecule has 9 heteroatoms. The SMILES string of the molecule is CC(C)NS(=O)(=O)c1ccc(C(=O)Nc2ccc(=O)n(Cc3ccccc3Cl)c2)cc1. The lowest BCUT2D eigenvalue weighted by Crippen LogP contribution is -2.30. The Bertz CT molecular complexity index is 1250. The first-order valence-corrected chi connectivity index (χ1v) is 11.4. The van der Waals surface area contributed by atoms with E-state index in [1.165, 1.54) is 47.2 Å². The average Bonchev–Trinajstić information content (AvgIpc) is 2.71. The number of benzene rings is 2. The molecular weight excluding hydrogens is 438 g/mol. The van der Waals surface area contributed by atoms with Gasteiger partial charge in [0.05, 0.1) is 17.1 Å². The number of halogens is 1. The molecule has 0 fully saturated rings. The quantitative estimate of drug-likeness (QED) is 0.565. The molecule has 0 radical (unpaired) electrons. The summed E-state index contributed by atoms with van der Waals surface area (Å²) >= 11 is 6.17. The van der Waals surface area contributed by atoms with Crippen LogP contribution in [0.25, 0.3) is 0 Å². The molecule has 162 valence electrons. The van der Waals surface area contributed by atoms with E-state index >= 15 is 0 Å². The molecule has 0 saturated heterocycles. The Hall–Kier alpha value is -2.94. The number of aromatic nitrogens is 1. The van der Waals surface area contributed by atoms with Crippen molar-refractivity contribution in [3.8, 4) is 0 Å². The Balaban J connectivity index is 1.76. The largest absolute Gasteiger partial charge is 0.321 e. The van der Waals surface area contributed by atoms with Gasteiger partial charge in [0.15, 0.2) is 0 Å². The van der Waals surface area contributed by atoms with E-state index in [0.717, 1.165) is 5.56 Å². The van der Waals surface area contributed by atoms with Crippen molar-refractivity contribution in [2.75, 3.05) is 5.32 Å². The van der Waals surface area contributed by atoms with Gasteiger partial charge in [0.25, 0.3) is 11.5 Å². The Labute approximate surface area is 185 Å². The predicted octanol–water partition coefficient (Wildman–Crippen LogP) is 3.49. The Kier molecular flexibility index (Phi) is 6.94. The molecule has 0 aliphatic carbocycles. The fourth-order valence-corrected chi connectivity index (χ4v) is 4.35. The Morgan fingerprint density at radius 2 is 1.71 bits per heavy atom. The summed E-state index contributed by atoms with van der Waals surface area (Å²) in [5, 5.41) is 3.27. The lowest BCUT2D eigenvalue weighted by molar-refractivity contribution is 0.102. The number of carbonyl (C=O) groups is 1. The molecule has 3 aromatic rings. The second-order valence-electron chi connectivity index (χ2n) is 7.23. The number of nitrogens with zero attached hydrogens (tertiary/aromatic N) is 1. The number of hydrogen-bond donors (Lipinski definition) is 2. The van der Waals surface area contributed by atoms with Crippen LogP contribution >= 0.6 is 11.6 Å². The maximum absolute atomic E-state index is 12.6. The summed E-state index contributed by atoms with van der Waals surface area (Å²) in [4.78, 5) is 24.8. The molecule has 0 bridgehead atoms. The smallest absolute Gasteiger partial charge is 0.255 e. The third-order valence-electron chi connectivity index (χ3n) is 4.36. The lowest BCUT2D eigenvalue weighted by atomic mass is 10.2. The van der Waals surface area contributed by atoms with Gasteiger partial charge in [0.2, 0.25) is 10.0 Å². The number of amides is 1. The summed E-state index contributed by atoms with van der Waals surface area (Å²) in [7, 11) is -3.64. The van der Waals surface area contributed by atoms with Gasteiger partial charge in [-0.3, -0.25) is 9.59 Å². The summed E-state index contributed by atoms with van der Waals surface area (Å²) in [6.45, 7) is 3.72. The van der Waals surface area contributed by atoms with Crippen molar-refractivity contribution in [2.45, 2.75) is 31.3 Å². The van der Waals surface area contributed by atoms with Crippen LogP contribution in [-0.2, 0) is 16.6 Å². The predicted molar refractivity (Wildman–Crippen MR) is 121 cm³/mol. The van der Waals surface area contributed by atoms with Crippen molar-refractivity contribution in [3.05, 3.63) is 93.4 Å². The van der Waals surface area contributed by atoms with Crippen molar-refractivity contribution < 1.29 is 13.2 Å². The van der Waals surface area contributed by atoms with Crippen molar-refractivity contribution >= 4 is 33.2 Å². The first-order valence-electron chi connectivity index (χ1n) is 9.53. The van der Waals surface area contributed by atoms with E-state index in [4.69, 9.17) is 11.6 Å². The van der Waals surface area contributed by atoms with Crippen molar-refractivity contribution in [1.29, 1.82) is 0 Å². The summed E-state index contributed by atoms with van der Waals surface area (Å²) in [6, 6.07) is 15.4. The fraction of sp³-hybridized carbons (Fsp3) is 0.182. The van der Waals surface area contributed by atoms with Crippen molar-refractivity contribution in [3.63, 3.8) is 0 Å². The van der Waals surface area contributed by atoms with Crippen LogP contribution in [0.15, 0.2) is 76.6 Å². The van der Waals surface area contributed by atoms with Gasteiger partial charge in [-0.1, -0.05) is 29.8 Å². The standard InChI is InChI=1S/C22H22ClN3O4S/c1-15(2)25-31(29,30)19-10-7-16(8-11-19)22(28)24-18-9-12-21(27)26(14-18)13-17-5-3-4-6-20(17)23/h3-12,14-15,25H,13H2,1-2H3,(H,24,28). The zero-order valence-corrected chi connectivity index (χ0v) is 18.6. The first-order chi connectivity index (χ1) is 14.7. The summed E-state index contributed by atoms with van der Waals surface area (Å²) < 4.78 is 28.3. The zero-order chi connectivity index (χ0) is 22.6. The van der Waals surface area contributed by atoms with Crippen molar-refractivity contribution in [1.82, 2.24) is 9.29 Å². The molecule has 0 spiro atoms. The molecule has 0 saturated carbocycles. The van der Waals surface area contributed by atoms with E-state index in [1.54, 1.807) is 26.0 Å². The topological polar surface area (TPSA) is 97.3 Å². The normalized spacial score (nSPS) is 11.5. The molecule has 0 aliphatic heterocycles. The monoisotopic (exact) mass is 459 g/mol. The second-order valence-corrected chi connectivity index (χ2v) is 9.35. The van der Waals surface area contributed by atoms with Crippen LogP contribution in [0, 0.1) is 0 Å². The number of pyridine rings is 1. The molecule has 0 atom stereocenters. The number of hydrogen-bond acceptors (Lipinski definition) is 4. The molecular formula is C22H22ClN3O4S. The van der Waals surface area contributed by atoms with E-state index < -0.39 is 15.9 Å². The summed E-state index contributed by atoms with van der Waals surface area (Å²) in [6.07, 6.45) is 1.54. The van der Waals surface area contributed by atoms with Gasteiger partial charge in [-0.15, -0.1) is 0 Å². The highest BCUT2D eigenvalue weighted by Crippen LogP contribution is 2.17. The van der Waals surface area contributed by atoms with Gasteiger partial charge < -0.3 is 9.88 Å². The summed E-state index contributed by atoms with van der Waals surface area (Å²) in [5.41, 5.74) is 1.26. The fourth-order valence-electron chi connectivity index (χ4n) is 2.91. The van der Waals surface area contributed by atoms with E-state index in [2.05, 4.69) is 10.0 Å². The van der Waals surface area contributed by atoms with Crippen LogP contribution in [0.2, 0.25) is 5.02 Å². The number of anilines is 1. The molecule has 0 aliphatic rings. The second kappa shape index (κ2) is 9.47. The van der Waals surface area contributed by atoms with Crippen LogP contribution in [-0.4, -0.2) is 24.9 Å². The first kappa shape index (κ1) is 22.7. The molecule has 1 amide bonds. The van der Waals surface area contributed by atoms with E-state index in [0.29, 0.717) is 10.7 Å². The van der Waals surface area contributed by atoms with Crippen LogP contribution in [0.1, 0.15) is 29.8 Å². The van der Waals surface area contributed by atoms with Crippen LogP contribution in [0.4, 0.5) is 5.69 Å². The molecule has 31 heavy (non-hydrogen) atoms. The minimum absolute atomic E-state index is 0.0750. The third kappa shape index (κ3) is 5.81. The molecule has 7 nitrogen and oxygen atoms in total. The summed E-state index contributed by atoms with van der Waals surface area (Å²) in [5.74, 6) is -0.427. The average molecular weight is 460 g/mol. The minimum Gasteiger partial charge on any atom is -0.321 e. The lowest BCUT2D eigenvalue weighted by Gasteiger charge is -2.12. The maximum Gasteiger partial charge on any atom is 0.255 e. The minimum atomic E-state index is -3.64. The molecule has 1 heterocycles. The number of carbonyl (C=O) groups excluding carboxylic acids is 1. The molecule has 0 unspecified atom stereocenters. The number of nitrogens with one attached hydrogen (secondary N) is 2. The van der Waals surface area contributed by atoms with Crippen LogP contribution < -0.4 is 15.6 Å². The van der Waals surface area contributed by atoms with E-state index in [9.17, 15) is 18.0 Å². The van der Waals surface area contributed by atoms with E-state index in [1.807, 2.05) is 12.1 Å². The van der Waals surface area contributed by atoms with Crippen molar-refractivity contribution in [2.24, 2.45) is 0 Å². The third-order valence-corrected chi connectivity index (χ3v) is 6.40. The molecule has 1 aromatic heterocycles. The van der Waals surface area contributed by atoms with Gasteiger partial charge in [-0.2, -0.15) is 0 Å². The van der Waals surface area contributed by atoms with Gasteiger partial charge in [-0.25, -0.2) is 13.1 Å². The zero-order valence-electron chi connectivity index (χ0n) is 17.0. The highest BCUT2D eigenvalue weighted by Gasteiger charge is 2.16. The van der Waals surface area contributed by atoms with Gasteiger partial charge >= 0.3 is 0 Å². The Morgan fingerprint density at radius 1 is 1.03 bits per heavy atom. The Morgan fingerprint density at radius 3 is 2.35 bits per heavy atom.